The molecule has 532 valence electrons. The van der Waals surface area contributed by atoms with Gasteiger partial charge in [-0.25, -0.2) is 74.5 Å². The summed E-state index contributed by atoms with van der Waals surface area (Å²) in [5.41, 5.74) is 12.7. The number of hydrogen-bond acceptors (Lipinski definition) is 26. The topological polar surface area (TPSA) is 663 Å². The molecule has 0 atom stereocenters. The summed E-state index contributed by atoms with van der Waals surface area (Å²) in [6.07, 6.45) is 15.8. The third kappa shape index (κ3) is 45.6. The first-order chi connectivity index (χ1) is 43.5. The van der Waals surface area contributed by atoms with Crippen molar-refractivity contribution in [2.45, 2.75) is 39.3 Å². The van der Waals surface area contributed by atoms with Gasteiger partial charge in [0.25, 0.3) is 0 Å². The van der Waals surface area contributed by atoms with Crippen molar-refractivity contribution < 1.29 is 197 Å². The summed E-state index contributed by atoms with van der Waals surface area (Å²) in [5, 5.41) is 2.24. The van der Waals surface area contributed by atoms with Crippen LogP contribution in [-0.2, 0) is 89.2 Å². The van der Waals surface area contributed by atoms with Gasteiger partial charge in [0.05, 0.1) is 59.4 Å². The van der Waals surface area contributed by atoms with Crippen molar-refractivity contribution in [2.75, 3.05) is 14.2 Å². The molecule has 0 bridgehead atoms. The van der Waals surface area contributed by atoms with Crippen LogP contribution in [0, 0.1) is 41.0 Å². The molecule has 38 heteroatoms. The second kappa shape index (κ2) is 50.2. The predicted octanol–water partition coefficient (Wildman–Crippen LogP) is -11.4. The van der Waals surface area contributed by atoms with E-state index in [9.17, 15) is 0 Å². The van der Waals surface area contributed by atoms with E-state index in [1.54, 1.807) is 14.2 Å². The quantitative estimate of drug-likeness (QED) is 0.0437. The maximum Gasteiger partial charge on any atom is 2.00 e. The first-order valence-electron chi connectivity index (χ1n) is 26.5. The van der Waals surface area contributed by atoms with Gasteiger partial charge >= 0.3 is 39.0 Å². The van der Waals surface area contributed by atoms with Gasteiger partial charge < -0.3 is 42.3 Å². The fourth-order valence-electron chi connectivity index (χ4n) is 8.25. The van der Waals surface area contributed by atoms with Gasteiger partial charge in [-0.2, -0.15) is 0 Å². The van der Waals surface area contributed by atoms with Crippen LogP contribution >= 0.6 is 0 Å². The van der Waals surface area contributed by atoms with E-state index in [-0.39, 0.29) is 71.8 Å². The fraction of sp³-hybridized carbons (Fsp3) is 0.129. The maximum atomic E-state index is 8.49. The minimum absolute atomic E-state index is 0. The second-order valence-corrected chi connectivity index (χ2v) is 21.8. The summed E-state index contributed by atoms with van der Waals surface area (Å²) in [4.78, 5) is 32.6. The van der Waals surface area contributed by atoms with Gasteiger partial charge in [-0.15, -0.1) is 41.0 Å². The van der Waals surface area contributed by atoms with Crippen molar-refractivity contribution in [1.29, 1.82) is 0 Å². The van der Waals surface area contributed by atoms with E-state index in [2.05, 4.69) is 139 Å². The number of pyridine rings is 6. The summed E-state index contributed by atoms with van der Waals surface area (Å²) in [7, 11) is -16.4. The van der Waals surface area contributed by atoms with Gasteiger partial charge in [-0.05, 0) is 131 Å². The van der Waals surface area contributed by atoms with Crippen molar-refractivity contribution in [2.24, 2.45) is 0 Å². The Balaban J connectivity index is -0.000000681. The minimum atomic E-state index is -4.94. The molecule has 0 spiro atoms. The third-order valence-electron chi connectivity index (χ3n) is 11.9. The number of halogens is 4. The first-order valence-corrected chi connectivity index (χ1v) is 31.4. The molecule has 0 aliphatic heterocycles. The average molecular weight is 1580 g/mol. The summed E-state index contributed by atoms with van der Waals surface area (Å²) in [6.45, 7) is 4.33. The number of rotatable bonds is 18. The average Bonchev–Trinajstić information content (AvgIpc) is 0.828. The second-order valence-electron chi connectivity index (χ2n) is 18.8. The van der Waals surface area contributed by atoms with E-state index in [1.807, 2.05) is 122 Å². The van der Waals surface area contributed by atoms with E-state index in [0.29, 0.717) is 13.1 Å². The molecule has 0 aliphatic rings. The predicted molar refractivity (Wildman–Crippen MR) is 314 cm³/mol. The van der Waals surface area contributed by atoms with Crippen LogP contribution in [0.4, 0.5) is 0 Å². The molecular formula is C62H70Cl4N8O24Zn2+2. The molecule has 0 amide bonds. The van der Waals surface area contributed by atoms with E-state index in [1.165, 1.54) is 0 Å². The zero-order valence-electron chi connectivity index (χ0n) is 53.2. The third-order valence-corrected chi connectivity index (χ3v) is 11.9. The number of benzene rings is 4. The van der Waals surface area contributed by atoms with Crippen LogP contribution in [-0.4, -0.2) is 75.8 Å². The number of fused-ring (bicyclic) bond motifs is 2. The Kier molecular flexibility index (Phi) is 49.8. The molecule has 0 aliphatic carbocycles. The molecule has 0 unspecified atom stereocenters. The van der Waals surface area contributed by atoms with E-state index in [0.717, 1.165) is 116 Å². The molecule has 10 rings (SSSR count). The number of methoxy groups -OCH3 is 2. The summed E-state index contributed by atoms with van der Waals surface area (Å²) in [6, 6.07) is 61.4. The normalized spacial score (nSPS) is 10.6. The number of aromatic nitrogens is 6. The molecule has 6 heterocycles. The smallest absolute Gasteiger partial charge is 0.497 e. The summed E-state index contributed by atoms with van der Waals surface area (Å²) < 4.78 is 146. The van der Waals surface area contributed by atoms with Gasteiger partial charge in [0, 0.05) is 74.8 Å². The number of hydrogen-bond donors (Lipinski definition) is 0. The molecule has 4 aromatic carbocycles. The molecular weight excluding hydrogens is 1510 g/mol. The molecule has 100 heavy (non-hydrogen) atoms. The van der Waals surface area contributed by atoms with Crippen LogP contribution in [0.3, 0.4) is 0 Å². The van der Waals surface area contributed by atoms with Crippen molar-refractivity contribution in [3.8, 4) is 11.5 Å². The van der Waals surface area contributed by atoms with Gasteiger partial charge in [0.15, 0.2) is 0 Å². The molecule has 0 radical (unpaired) electrons. The van der Waals surface area contributed by atoms with E-state index in [4.69, 9.17) is 94.0 Å². The molecule has 10 aromatic rings. The van der Waals surface area contributed by atoms with Crippen molar-refractivity contribution in [3.63, 3.8) is 0 Å². The molecule has 0 saturated carbocycles. The number of nitrogens with zero attached hydrogens (tertiary/aromatic N) is 8. The zero-order valence-corrected chi connectivity index (χ0v) is 62.1. The molecule has 32 nitrogen and oxygen atoms in total. The van der Waals surface area contributed by atoms with Gasteiger partial charge in [0.1, 0.15) is 11.5 Å². The number of ether oxygens (including phenoxy) is 2. The fourth-order valence-corrected chi connectivity index (χ4v) is 8.25. The van der Waals surface area contributed by atoms with Crippen LogP contribution in [0.25, 0.3) is 46.1 Å². The molecule has 14 N–H and O–H groups in total. The summed E-state index contributed by atoms with van der Waals surface area (Å²) in [5.74, 6) is 1.72. The standard InChI is InChI=1S/2C31H28N4O.4ClHO4.6H2O.2Zn/c2*1-36-30-15-10-24(11-16-30)8-9-25-12-17-31-26(20-25)13-14-29(34-31)23-35(21-27-6-2-4-18-32-27)22-28-7-3-5-19-33-28;4*2-1(3,4)5;;;;;;;;/h2*2-20H,21-23H2,1H3;4*(H,2,3,4,5);6*1H2;;/q;;;;;;;;;;;;2*+2/p-2/b2*9-8+;;;;;;;;;;;;. The molecule has 0 fully saturated rings. The van der Waals surface area contributed by atoms with Gasteiger partial charge in [-0.1, -0.05) is 97.1 Å². The van der Waals surface area contributed by atoms with Crippen LogP contribution in [0.1, 0.15) is 56.4 Å². The maximum absolute atomic E-state index is 8.49. The van der Waals surface area contributed by atoms with Crippen molar-refractivity contribution in [3.05, 3.63) is 263 Å². The SMILES string of the molecule is COc1ccc(/C=C/c2ccc3nc(CN(Cc4ccccn4)Cc4ccccn4)ccc3c2)cc1.COc1ccc(/C=C/c2ccc3nc(CN(Cc4ccccn4)Cc4ccccn4)ccc3c2)cc1.O.O.O.O.[O-][Cl+3]([O-])([O-])[O-].[O-][Cl+3]([O-])([O-])[O-].[O-][Cl+3]([O-])([O-])[O-].[O-][Cl+3]([O-])([O-])[O-].[OH3+].[OH3+].[Zn+2].[Zn+2]. The van der Waals surface area contributed by atoms with Crippen LogP contribution in [0.5, 0.6) is 11.5 Å². The van der Waals surface area contributed by atoms with Crippen LogP contribution in [0.15, 0.2) is 207 Å². The van der Waals surface area contributed by atoms with Crippen molar-refractivity contribution >= 4 is 46.1 Å². The van der Waals surface area contributed by atoms with E-state index >= 15 is 0 Å². The molecule has 0 saturated heterocycles. The summed E-state index contributed by atoms with van der Waals surface area (Å²) >= 11 is 0. The Morgan fingerprint density at radius 2 is 0.540 bits per heavy atom. The van der Waals surface area contributed by atoms with Gasteiger partial charge in [0.2, 0.25) is 0 Å². The Hall–Kier alpha value is -7.17. The van der Waals surface area contributed by atoms with Crippen molar-refractivity contribution in [1.82, 2.24) is 39.7 Å². The van der Waals surface area contributed by atoms with Crippen LogP contribution in [0.2, 0.25) is 0 Å². The Morgan fingerprint density at radius 3 is 0.770 bits per heavy atom. The van der Waals surface area contributed by atoms with Crippen LogP contribution < -0.4 is 84.0 Å². The van der Waals surface area contributed by atoms with Gasteiger partial charge in [-0.3, -0.25) is 39.7 Å². The minimum Gasteiger partial charge on any atom is -0.497 e. The zero-order chi connectivity index (χ0) is 67.2. The Bertz CT molecular complexity index is 3450. The first kappa shape index (κ1) is 99.2. The van der Waals surface area contributed by atoms with E-state index < -0.39 is 41.0 Å². The Labute approximate surface area is 606 Å². The largest absolute Gasteiger partial charge is 2.00 e. The Morgan fingerprint density at radius 1 is 0.310 bits per heavy atom. The monoisotopic (exact) mass is 1580 g/mol. The molecule has 6 aromatic heterocycles.